The van der Waals surface area contributed by atoms with Gasteiger partial charge in [-0.15, -0.1) is 0 Å². The molecule has 0 heterocycles. The van der Waals surface area contributed by atoms with E-state index in [1.165, 1.54) is 31.4 Å². The second-order valence-electron chi connectivity index (χ2n) is 6.26. The molecule has 0 atom stereocenters. The second-order valence-corrected chi connectivity index (χ2v) is 6.66. The average Bonchev–Trinajstić information content (AvgIpc) is 2.65. The molecular formula is C21H25ClN2O4. The molecule has 0 unspecified atom stereocenters. The Morgan fingerprint density at radius 3 is 2.57 bits per heavy atom. The van der Waals surface area contributed by atoms with Gasteiger partial charge in [0, 0.05) is 13.3 Å². The molecule has 0 aliphatic carbocycles. The zero-order chi connectivity index (χ0) is 20.5. The van der Waals surface area contributed by atoms with Crippen LogP contribution in [-0.4, -0.2) is 32.4 Å². The van der Waals surface area contributed by atoms with E-state index in [2.05, 4.69) is 24.4 Å². The second kappa shape index (κ2) is 10.6. The van der Waals surface area contributed by atoms with Gasteiger partial charge < -0.3 is 14.2 Å². The molecule has 2 aromatic carbocycles. The average molecular weight is 405 g/mol. The highest BCUT2D eigenvalue weighted by molar-refractivity contribution is 6.32. The Morgan fingerprint density at radius 1 is 1.14 bits per heavy atom. The summed E-state index contributed by atoms with van der Waals surface area (Å²) in [6, 6.07) is 9.46. The van der Waals surface area contributed by atoms with E-state index in [9.17, 15) is 4.79 Å². The summed E-state index contributed by atoms with van der Waals surface area (Å²) in [6.07, 6.45) is 2.18. The molecule has 0 radical (unpaired) electrons. The van der Waals surface area contributed by atoms with E-state index in [4.69, 9.17) is 25.8 Å². The van der Waals surface area contributed by atoms with E-state index in [-0.39, 0.29) is 5.91 Å². The van der Waals surface area contributed by atoms with E-state index in [0.29, 0.717) is 41.7 Å². The summed E-state index contributed by atoms with van der Waals surface area (Å²) in [4.78, 5) is 10.9. The van der Waals surface area contributed by atoms with Gasteiger partial charge in [0.25, 0.3) is 0 Å². The van der Waals surface area contributed by atoms with Crippen molar-refractivity contribution in [2.75, 3.05) is 20.3 Å². The number of methoxy groups -OCH3 is 1. The first kappa shape index (κ1) is 21.6. The molecule has 0 aromatic heterocycles. The van der Waals surface area contributed by atoms with Gasteiger partial charge in [-0.3, -0.25) is 4.79 Å². The van der Waals surface area contributed by atoms with E-state index in [1.807, 2.05) is 18.2 Å². The number of nitrogens with one attached hydrogen (secondary N) is 1. The fourth-order valence-electron chi connectivity index (χ4n) is 2.38. The van der Waals surface area contributed by atoms with Crippen LogP contribution in [0.4, 0.5) is 0 Å². The molecule has 7 heteroatoms. The molecule has 0 bridgehead atoms. The lowest BCUT2D eigenvalue weighted by Gasteiger charge is -2.14. The minimum atomic E-state index is -0.253. The van der Waals surface area contributed by atoms with Gasteiger partial charge in [-0.05, 0) is 54.8 Å². The van der Waals surface area contributed by atoms with Gasteiger partial charge in [0.2, 0.25) is 5.91 Å². The summed E-state index contributed by atoms with van der Waals surface area (Å²) in [5.41, 5.74) is 5.46. The number of carbonyl (C=O) groups is 1. The summed E-state index contributed by atoms with van der Waals surface area (Å²) >= 11 is 6.31. The Morgan fingerprint density at radius 2 is 1.89 bits per heavy atom. The van der Waals surface area contributed by atoms with Crippen molar-refractivity contribution in [3.63, 3.8) is 0 Å². The van der Waals surface area contributed by atoms with Crippen molar-refractivity contribution >= 4 is 23.7 Å². The van der Waals surface area contributed by atoms with Crippen molar-refractivity contribution in [2.24, 2.45) is 5.10 Å². The third-order valence-electron chi connectivity index (χ3n) is 3.97. The molecular weight excluding hydrogens is 380 g/mol. The van der Waals surface area contributed by atoms with Gasteiger partial charge in [-0.25, -0.2) is 5.43 Å². The quantitative estimate of drug-likeness (QED) is 0.384. The van der Waals surface area contributed by atoms with Crippen LogP contribution in [0.3, 0.4) is 0 Å². The van der Waals surface area contributed by atoms with Crippen LogP contribution < -0.4 is 19.6 Å². The minimum Gasteiger partial charge on any atom is -0.493 e. The van der Waals surface area contributed by atoms with E-state index < -0.39 is 0 Å². The number of aryl methyl sites for hydroxylation is 2. The van der Waals surface area contributed by atoms with Crippen LogP contribution in [0.5, 0.6) is 17.2 Å². The maximum atomic E-state index is 10.9. The minimum absolute atomic E-state index is 0.253. The number of rotatable bonds is 9. The van der Waals surface area contributed by atoms with Crippen LogP contribution in [0.15, 0.2) is 35.4 Å². The van der Waals surface area contributed by atoms with Gasteiger partial charge >= 0.3 is 0 Å². The van der Waals surface area contributed by atoms with Crippen molar-refractivity contribution in [1.82, 2.24) is 5.43 Å². The summed E-state index contributed by atoms with van der Waals surface area (Å²) in [5.74, 6) is 1.55. The highest BCUT2D eigenvalue weighted by Gasteiger charge is 2.11. The SMILES string of the molecule is COc1cc(/C=N/NC(C)=O)cc(Cl)c1OCCCOc1ccc(C)c(C)c1. The summed E-state index contributed by atoms with van der Waals surface area (Å²) < 4.78 is 16.9. The summed E-state index contributed by atoms with van der Waals surface area (Å²) in [6.45, 7) is 6.47. The molecule has 0 saturated carbocycles. The molecule has 2 aromatic rings. The van der Waals surface area contributed by atoms with Gasteiger partial charge in [-0.1, -0.05) is 17.7 Å². The Bertz CT molecular complexity index is 853. The zero-order valence-corrected chi connectivity index (χ0v) is 17.3. The number of carbonyl (C=O) groups excluding carboxylic acids is 1. The van der Waals surface area contributed by atoms with Crippen molar-refractivity contribution in [3.05, 3.63) is 52.0 Å². The molecule has 0 fully saturated rings. The molecule has 1 amide bonds. The largest absolute Gasteiger partial charge is 0.493 e. The van der Waals surface area contributed by atoms with Gasteiger partial charge in [0.15, 0.2) is 11.5 Å². The predicted molar refractivity (Wildman–Crippen MR) is 111 cm³/mol. The Hall–Kier alpha value is -2.73. The number of halogens is 1. The molecule has 0 aliphatic rings. The topological polar surface area (TPSA) is 69.2 Å². The smallest absolute Gasteiger partial charge is 0.236 e. The maximum Gasteiger partial charge on any atom is 0.236 e. The molecule has 28 heavy (non-hydrogen) atoms. The molecule has 150 valence electrons. The van der Waals surface area contributed by atoms with E-state index >= 15 is 0 Å². The fourth-order valence-corrected chi connectivity index (χ4v) is 2.65. The van der Waals surface area contributed by atoms with Crippen LogP contribution in [0.1, 0.15) is 30.0 Å². The molecule has 0 aliphatic heterocycles. The highest BCUT2D eigenvalue weighted by Crippen LogP contribution is 2.36. The third kappa shape index (κ3) is 6.46. The molecule has 6 nitrogen and oxygen atoms in total. The van der Waals surface area contributed by atoms with Crippen molar-refractivity contribution in [1.29, 1.82) is 0 Å². The number of nitrogens with zero attached hydrogens (tertiary/aromatic N) is 1. The summed E-state index contributed by atoms with van der Waals surface area (Å²) in [7, 11) is 1.54. The van der Waals surface area contributed by atoms with Crippen LogP contribution >= 0.6 is 11.6 Å². The molecule has 0 spiro atoms. The standard InChI is InChI=1S/C21H25ClN2O4/c1-14-6-7-18(10-15(14)2)27-8-5-9-28-21-19(22)11-17(12-20(21)26-4)13-23-24-16(3)25/h6-7,10-13H,5,8-9H2,1-4H3,(H,24,25)/b23-13+. The van der Waals surface area contributed by atoms with Gasteiger partial charge in [0.1, 0.15) is 5.75 Å². The fraction of sp³-hybridized carbons (Fsp3) is 0.333. The number of hydrogen-bond acceptors (Lipinski definition) is 5. The van der Waals surface area contributed by atoms with Crippen molar-refractivity contribution in [3.8, 4) is 17.2 Å². The Kier molecular flexibility index (Phi) is 8.14. The Labute approximate surface area is 170 Å². The molecule has 2 rings (SSSR count). The number of hydrazone groups is 1. The number of ether oxygens (including phenoxy) is 3. The normalized spacial score (nSPS) is 10.8. The summed E-state index contributed by atoms with van der Waals surface area (Å²) in [5, 5.41) is 4.22. The van der Waals surface area contributed by atoms with Crippen LogP contribution in [-0.2, 0) is 4.79 Å². The van der Waals surface area contributed by atoms with Crippen molar-refractivity contribution in [2.45, 2.75) is 27.2 Å². The van der Waals surface area contributed by atoms with E-state index in [0.717, 1.165) is 5.75 Å². The Balaban J connectivity index is 1.89. The van der Waals surface area contributed by atoms with Crippen LogP contribution in [0.25, 0.3) is 0 Å². The van der Waals surface area contributed by atoms with Gasteiger partial charge in [-0.2, -0.15) is 5.10 Å². The number of amides is 1. The lowest BCUT2D eigenvalue weighted by molar-refractivity contribution is -0.118. The molecule has 0 saturated heterocycles. The first-order chi connectivity index (χ1) is 13.4. The van der Waals surface area contributed by atoms with Crippen molar-refractivity contribution < 1.29 is 19.0 Å². The first-order valence-corrected chi connectivity index (χ1v) is 9.28. The molecule has 1 N–H and O–H groups in total. The third-order valence-corrected chi connectivity index (χ3v) is 4.25. The lowest BCUT2D eigenvalue weighted by atomic mass is 10.1. The first-order valence-electron chi connectivity index (χ1n) is 8.90. The van der Waals surface area contributed by atoms with Crippen LogP contribution in [0.2, 0.25) is 5.02 Å². The monoisotopic (exact) mass is 404 g/mol. The van der Waals surface area contributed by atoms with Gasteiger partial charge in [0.05, 0.1) is 31.6 Å². The number of benzene rings is 2. The zero-order valence-electron chi connectivity index (χ0n) is 16.5. The lowest BCUT2D eigenvalue weighted by Crippen LogP contribution is -2.12. The van der Waals surface area contributed by atoms with E-state index in [1.54, 1.807) is 12.1 Å². The predicted octanol–water partition coefficient (Wildman–Crippen LogP) is 4.28. The number of hydrogen-bond donors (Lipinski definition) is 1. The van der Waals surface area contributed by atoms with Crippen LogP contribution in [0, 0.1) is 13.8 Å². The maximum absolute atomic E-state index is 10.9. The highest BCUT2D eigenvalue weighted by atomic mass is 35.5.